The van der Waals surface area contributed by atoms with Crippen LogP contribution in [0.25, 0.3) is 22.0 Å². The molecule has 11 nitrogen and oxygen atoms in total. The highest BCUT2D eigenvalue weighted by atomic mass is 32.2. The fourth-order valence-electron chi connectivity index (χ4n) is 3.66. The highest BCUT2D eigenvalue weighted by Gasteiger charge is 2.37. The second kappa shape index (κ2) is 9.55. The Morgan fingerprint density at radius 1 is 1.09 bits per heavy atom. The minimum absolute atomic E-state index is 0.116. The number of hydrogen-bond acceptors (Lipinski definition) is 7. The highest BCUT2D eigenvalue weighted by Crippen LogP contribution is 2.34. The molecule has 0 spiro atoms. The number of carboxylic acid groups (broad SMARTS) is 1. The summed E-state index contributed by atoms with van der Waals surface area (Å²) >= 11 is 0. The predicted molar refractivity (Wildman–Crippen MR) is 131 cm³/mol. The maximum Gasteiger partial charge on any atom is 0.422 e. The molecule has 3 aromatic rings. The van der Waals surface area contributed by atoms with E-state index in [1.165, 1.54) is 39.7 Å². The van der Waals surface area contributed by atoms with Crippen molar-refractivity contribution in [1.29, 1.82) is 0 Å². The molecule has 0 aliphatic carbocycles. The molecule has 0 atom stereocenters. The van der Waals surface area contributed by atoms with E-state index in [-0.39, 0.29) is 12.1 Å². The third-order valence-corrected chi connectivity index (χ3v) is 6.96. The maximum absolute atomic E-state index is 12.7. The number of benzene rings is 2. The lowest BCUT2D eigenvalue weighted by molar-refractivity contribution is 0.145. The Bertz CT molecular complexity index is 1430. The molecule has 0 bridgehead atoms. The molecule has 1 aromatic heterocycles. The summed E-state index contributed by atoms with van der Waals surface area (Å²) in [6.07, 6.45) is -1.57. The molecular formula is C23H28N4O7S. The van der Waals surface area contributed by atoms with Gasteiger partial charge in [0.05, 0.1) is 30.8 Å². The minimum atomic E-state index is -4.29. The molecule has 0 radical (unpaired) electrons. The number of fused-ring (bicyclic) bond motifs is 1. The van der Waals surface area contributed by atoms with Crippen LogP contribution in [0, 0.1) is 0 Å². The zero-order valence-electron chi connectivity index (χ0n) is 20.3. The summed E-state index contributed by atoms with van der Waals surface area (Å²) in [5, 5.41) is 14.7. The lowest BCUT2D eigenvalue weighted by atomic mass is 10.0. The standard InChI is InChI=1S/C23H28N4O7S/c1-23(2,3)27(22(29)30)35(31,32)24-13-14-7-9-15(10-8-14)20-16-11-18(33-5)19(34-6)12-17(16)21(28)26(4)25-20/h7-12,24H,13H2,1-6H3,(H,29,30). The van der Waals surface area contributed by atoms with Gasteiger partial charge in [-0.25, -0.2) is 9.48 Å². The number of nitrogens with one attached hydrogen (secondary N) is 1. The van der Waals surface area contributed by atoms with Gasteiger partial charge >= 0.3 is 16.3 Å². The smallest absolute Gasteiger partial charge is 0.422 e. The monoisotopic (exact) mass is 504 g/mol. The molecule has 35 heavy (non-hydrogen) atoms. The van der Waals surface area contributed by atoms with Crippen LogP contribution in [0.4, 0.5) is 4.79 Å². The van der Waals surface area contributed by atoms with Crippen LogP contribution in [0.5, 0.6) is 11.5 Å². The Hall–Kier alpha value is -3.64. The van der Waals surface area contributed by atoms with Crippen molar-refractivity contribution in [3.05, 3.63) is 52.3 Å². The van der Waals surface area contributed by atoms with E-state index < -0.39 is 21.8 Å². The SMILES string of the molecule is COc1cc2c(-c3ccc(CNS(=O)(=O)N(C(=O)O)C(C)(C)C)cc3)nn(C)c(=O)c2cc1OC. The van der Waals surface area contributed by atoms with Gasteiger partial charge in [0, 0.05) is 24.5 Å². The molecule has 12 heteroatoms. The quantitative estimate of drug-likeness (QED) is 0.501. The molecule has 2 N–H and O–H groups in total. The van der Waals surface area contributed by atoms with Crippen molar-refractivity contribution in [2.75, 3.05) is 14.2 Å². The van der Waals surface area contributed by atoms with E-state index in [1.807, 2.05) is 0 Å². The molecule has 1 amide bonds. The van der Waals surface area contributed by atoms with Crippen molar-refractivity contribution in [2.24, 2.45) is 7.05 Å². The van der Waals surface area contributed by atoms with Crippen molar-refractivity contribution in [2.45, 2.75) is 32.9 Å². The van der Waals surface area contributed by atoms with Crippen molar-refractivity contribution in [3.8, 4) is 22.8 Å². The summed E-state index contributed by atoms with van der Waals surface area (Å²) in [5.74, 6) is 0.867. The van der Waals surface area contributed by atoms with Gasteiger partial charge in [-0.3, -0.25) is 4.79 Å². The van der Waals surface area contributed by atoms with Gasteiger partial charge in [-0.05, 0) is 38.5 Å². The van der Waals surface area contributed by atoms with Crippen LogP contribution >= 0.6 is 0 Å². The summed E-state index contributed by atoms with van der Waals surface area (Å²) in [4.78, 5) is 24.2. The topological polar surface area (TPSA) is 140 Å². The van der Waals surface area contributed by atoms with Gasteiger partial charge in [-0.1, -0.05) is 24.3 Å². The van der Waals surface area contributed by atoms with Crippen LogP contribution < -0.4 is 19.8 Å². The van der Waals surface area contributed by atoms with E-state index in [2.05, 4.69) is 9.82 Å². The molecule has 0 saturated heterocycles. The largest absolute Gasteiger partial charge is 0.493 e. The number of carbonyl (C=O) groups is 1. The third kappa shape index (κ3) is 5.23. The summed E-state index contributed by atoms with van der Waals surface area (Å²) in [6.45, 7) is 4.35. The van der Waals surface area contributed by atoms with Crippen molar-refractivity contribution in [3.63, 3.8) is 0 Å². The van der Waals surface area contributed by atoms with Gasteiger partial charge in [0.2, 0.25) is 0 Å². The number of rotatable bonds is 7. The van der Waals surface area contributed by atoms with Gasteiger partial charge in [0.25, 0.3) is 5.56 Å². The third-order valence-electron chi connectivity index (χ3n) is 5.26. The van der Waals surface area contributed by atoms with Gasteiger partial charge in [0.1, 0.15) is 0 Å². The maximum atomic E-state index is 12.7. The molecule has 0 saturated carbocycles. The number of ether oxygens (including phenoxy) is 2. The summed E-state index contributed by atoms with van der Waals surface area (Å²) in [7, 11) is 0.250. The van der Waals surface area contributed by atoms with Gasteiger partial charge < -0.3 is 14.6 Å². The van der Waals surface area contributed by atoms with Crippen LogP contribution in [-0.2, 0) is 23.8 Å². The van der Waals surface area contributed by atoms with Crippen molar-refractivity contribution < 1.29 is 27.8 Å². The number of hydrogen-bond donors (Lipinski definition) is 2. The fourth-order valence-corrected chi connectivity index (χ4v) is 5.06. The first-order chi connectivity index (χ1) is 16.3. The average Bonchev–Trinajstić information content (AvgIpc) is 2.78. The predicted octanol–water partition coefficient (Wildman–Crippen LogP) is 2.73. The number of amides is 1. The number of aryl methyl sites for hydroxylation is 1. The minimum Gasteiger partial charge on any atom is -0.493 e. The number of methoxy groups -OCH3 is 2. The molecule has 188 valence electrons. The first-order valence-electron chi connectivity index (χ1n) is 10.6. The van der Waals surface area contributed by atoms with Crippen LogP contribution in [0.1, 0.15) is 26.3 Å². The molecular weight excluding hydrogens is 476 g/mol. The van der Waals surface area contributed by atoms with Gasteiger partial charge in [0.15, 0.2) is 11.5 Å². The number of aromatic nitrogens is 2. The molecule has 0 unspecified atom stereocenters. The molecule has 3 rings (SSSR count). The van der Waals surface area contributed by atoms with Crippen LogP contribution in [0.2, 0.25) is 0 Å². The first kappa shape index (κ1) is 26.0. The van der Waals surface area contributed by atoms with Gasteiger partial charge in [-0.2, -0.15) is 22.5 Å². The molecule has 0 aliphatic rings. The van der Waals surface area contributed by atoms with Gasteiger partial charge in [-0.15, -0.1) is 0 Å². The van der Waals surface area contributed by atoms with E-state index >= 15 is 0 Å². The van der Waals surface area contributed by atoms with E-state index in [4.69, 9.17) is 9.47 Å². The Balaban J connectivity index is 1.96. The first-order valence-corrected chi connectivity index (χ1v) is 12.0. The Morgan fingerprint density at radius 2 is 1.63 bits per heavy atom. The second-order valence-corrected chi connectivity index (χ2v) is 10.4. The lowest BCUT2D eigenvalue weighted by Crippen LogP contribution is -2.53. The fraction of sp³-hybridized carbons (Fsp3) is 0.348. The van der Waals surface area contributed by atoms with E-state index in [0.717, 1.165) is 0 Å². The van der Waals surface area contributed by atoms with E-state index in [1.54, 1.807) is 43.4 Å². The number of nitrogens with zero attached hydrogens (tertiary/aromatic N) is 3. The van der Waals surface area contributed by atoms with Crippen LogP contribution in [0.3, 0.4) is 0 Å². The van der Waals surface area contributed by atoms with Crippen LogP contribution in [-0.4, -0.2) is 53.5 Å². The normalized spacial score (nSPS) is 11.9. The molecule has 1 heterocycles. The van der Waals surface area contributed by atoms with E-state index in [9.17, 15) is 23.1 Å². The summed E-state index contributed by atoms with van der Waals surface area (Å²) in [5.41, 5.74) is 0.370. The highest BCUT2D eigenvalue weighted by molar-refractivity contribution is 7.87. The Labute approximate surface area is 203 Å². The van der Waals surface area contributed by atoms with Crippen molar-refractivity contribution in [1.82, 2.24) is 18.8 Å². The Kier molecular flexibility index (Phi) is 7.08. The molecule has 0 aliphatic heterocycles. The average molecular weight is 505 g/mol. The second-order valence-electron chi connectivity index (χ2n) is 8.77. The molecule has 0 fully saturated rings. The van der Waals surface area contributed by atoms with E-state index in [0.29, 0.717) is 43.4 Å². The Morgan fingerprint density at radius 3 is 2.11 bits per heavy atom. The molecule has 2 aromatic carbocycles. The summed E-state index contributed by atoms with van der Waals surface area (Å²) in [6, 6.07) is 10.2. The zero-order chi connectivity index (χ0) is 26.1. The lowest BCUT2D eigenvalue weighted by Gasteiger charge is -2.31. The van der Waals surface area contributed by atoms with Crippen LogP contribution in [0.15, 0.2) is 41.2 Å². The zero-order valence-corrected chi connectivity index (χ0v) is 21.1. The summed E-state index contributed by atoms with van der Waals surface area (Å²) < 4.78 is 39.8. The van der Waals surface area contributed by atoms with Crippen molar-refractivity contribution >= 4 is 27.1 Å².